The van der Waals surface area contributed by atoms with Gasteiger partial charge in [0.15, 0.2) is 0 Å². The van der Waals surface area contributed by atoms with Gasteiger partial charge in [0.25, 0.3) is 0 Å². The first-order valence-corrected chi connectivity index (χ1v) is 11.0. The van der Waals surface area contributed by atoms with E-state index in [1.54, 1.807) is 0 Å². The normalized spacial score (nSPS) is 30.4. The zero-order valence-electron chi connectivity index (χ0n) is 18.8. The van der Waals surface area contributed by atoms with E-state index in [4.69, 9.17) is 4.74 Å². The van der Waals surface area contributed by atoms with Crippen molar-refractivity contribution in [1.29, 1.82) is 0 Å². The summed E-state index contributed by atoms with van der Waals surface area (Å²) >= 11 is 0. The lowest BCUT2D eigenvalue weighted by Crippen LogP contribution is -2.28. The van der Waals surface area contributed by atoms with Gasteiger partial charge in [0.1, 0.15) is 0 Å². The first-order chi connectivity index (χ1) is 13.6. The zero-order chi connectivity index (χ0) is 21.6. The molecule has 2 rings (SSSR count). The van der Waals surface area contributed by atoms with E-state index in [-0.39, 0.29) is 29.5 Å². The van der Waals surface area contributed by atoms with E-state index in [0.29, 0.717) is 18.8 Å². The van der Waals surface area contributed by atoms with Gasteiger partial charge < -0.3 is 19.7 Å². The Morgan fingerprint density at radius 1 is 1.28 bits per heavy atom. The summed E-state index contributed by atoms with van der Waals surface area (Å²) in [5.41, 5.74) is 1.01. The average Bonchev–Trinajstić information content (AvgIpc) is 3.17. The van der Waals surface area contributed by atoms with Crippen LogP contribution in [0.4, 0.5) is 0 Å². The monoisotopic (exact) mass is 408 g/mol. The second-order valence-corrected chi connectivity index (χ2v) is 9.70. The summed E-state index contributed by atoms with van der Waals surface area (Å²) in [5, 5.41) is 21.2. The molecule has 6 atom stereocenters. The summed E-state index contributed by atoms with van der Waals surface area (Å²) < 4.78 is 10.9. The van der Waals surface area contributed by atoms with Gasteiger partial charge in [0.2, 0.25) is 0 Å². The van der Waals surface area contributed by atoms with Gasteiger partial charge in [0, 0.05) is 18.8 Å². The number of carbonyl (C=O) groups is 1. The number of aliphatic hydroxyl groups excluding tert-OH is 2. The fourth-order valence-electron chi connectivity index (χ4n) is 4.46. The van der Waals surface area contributed by atoms with Gasteiger partial charge in [-0.3, -0.25) is 4.79 Å². The fraction of sp³-hybridized carbons (Fsp3) is 0.792. The largest absolute Gasteiger partial charge is 0.469 e. The predicted octanol–water partition coefficient (Wildman–Crippen LogP) is 4.17. The number of ether oxygens (including phenoxy) is 2. The number of esters is 1. The Morgan fingerprint density at radius 2 is 2.00 bits per heavy atom. The molecular weight excluding hydrogens is 368 g/mol. The first kappa shape index (κ1) is 24.1. The highest BCUT2D eigenvalue weighted by Crippen LogP contribution is 2.45. The molecule has 0 bridgehead atoms. The van der Waals surface area contributed by atoms with Crippen LogP contribution in [-0.4, -0.2) is 47.7 Å². The standard InChI is InChI=1S/C24H40O5/c1-16(2)12-13-24(3,4)22(26)11-10-18-19-14-17(29-21(19)15-20(18)25)8-6-7-9-23(27)28-5/h10-12,17-22,25-26H,6-9,13-15H2,1-5H3/b11-10+/t17-,18-,19-,20-,21+,22-/m1/s1. The second-order valence-electron chi connectivity index (χ2n) is 9.70. The lowest BCUT2D eigenvalue weighted by Gasteiger charge is -2.28. The molecule has 2 aliphatic rings. The highest BCUT2D eigenvalue weighted by molar-refractivity contribution is 5.68. The minimum atomic E-state index is -0.555. The quantitative estimate of drug-likeness (QED) is 0.322. The summed E-state index contributed by atoms with van der Waals surface area (Å²) in [7, 11) is 1.42. The number of hydrogen-bond acceptors (Lipinski definition) is 5. The molecule has 0 aromatic rings. The fourth-order valence-corrected chi connectivity index (χ4v) is 4.46. The predicted molar refractivity (Wildman–Crippen MR) is 114 cm³/mol. The third-order valence-corrected chi connectivity index (χ3v) is 6.53. The minimum Gasteiger partial charge on any atom is -0.469 e. The van der Waals surface area contributed by atoms with E-state index in [0.717, 1.165) is 32.1 Å². The lowest BCUT2D eigenvalue weighted by molar-refractivity contribution is -0.140. The van der Waals surface area contributed by atoms with Crippen molar-refractivity contribution in [2.75, 3.05) is 7.11 Å². The van der Waals surface area contributed by atoms with Crippen LogP contribution in [0.25, 0.3) is 0 Å². The zero-order valence-corrected chi connectivity index (χ0v) is 18.8. The van der Waals surface area contributed by atoms with Crippen molar-refractivity contribution < 1.29 is 24.5 Å². The van der Waals surface area contributed by atoms with Crippen LogP contribution in [-0.2, 0) is 14.3 Å². The van der Waals surface area contributed by atoms with Crippen LogP contribution in [0.3, 0.4) is 0 Å². The van der Waals surface area contributed by atoms with Crippen LogP contribution in [0.2, 0.25) is 0 Å². The van der Waals surface area contributed by atoms with Crippen molar-refractivity contribution in [2.45, 2.75) is 97.1 Å². The Kier molecular flexibility index (Phi) is 8.92. The topological polar surface area (TPSA) is 76.0 Å². The molecule has 0 spiro atoms. The van der Waals surface area contributed by atoms with Gasteiger partial charge >= 0.3 is 5.97 Å². The molecule has 5 heteroatoms. The maximum absolute atomic E-state index is 11.2. The van der Waals surface area contributed by atoms with Gasteiger partial charge in [0.05, 0.1) is 31.5 Å². The van der Waals surface area contributed by atoms with E-state index in [9.17, 15) is 15.0 Å². The summed E-state index contributed by atoms with van der Waals surface area (Å²) in [6.07, 6.45) is 11.0. The van der Waals surface area contributed by atoms with Gasteiger partial charge in [-0.15, -0.1) is 0 Å². The van der Waals surface area contributed by atoms with Gasteiger partial charge in [-0.25, -0.2) is 0 Å². The molecule has 29 heavy (non-hydrogen) atoms. The maximum atomic E-state index is 11.2. The Hall–Kier alpha value is -1.17. The lowest BCUT2D eigenvalue weighted by atomic mass is 9.81. The maximum Gasteiger partial charge on any atom is 0.305 e. The van der Waals surface area contributed by atoms with E-state index in [2.05, 4.69) is 38.5 Å². The number of methoxy groups -OCH3 is 1. The van der Waals surface area contributed by atoms with Crippen molar-refractivity contribution >= 4 is 5.97 Å². The molecule has 0 amide bonds. The molecule has 0 radical (unpaired) electrons. The van der Waals surface area contributed by atoms with Crippen LogP contribution in [0.5, 0.6) is 0 Å². The van der Waals surface area contributed by atoms with E-state index in [1.165, 1.54) is 12.7 Å². The Bertz CT molecular complexity index is 590. The van der Waals surface area contributed by atoms with E-state index >= 15 is 0 Å². The molecule has 1 saturated heterocycles. The van der Waals surface area contributed by atoms with Gasteiger partial charge in [-0.05, 0) is 50.9 Å². The Labute approximate surface area is 176 Å². The molecule has 0 aromatic heterocycles. The molecule has 1 aliphatic carbocycles. The van der Waals surface area contributed by atoms with Gasteiger partial charge in [-0.2, -0.15) is 0 Å². The highest BCUT2D eigenvalue weighted by atomic mass is 16.5. The number of allylic oxidation sites excluding steroid dienone is 2. The SMILES string of the molecule is COC(=O)CCCC[C@@H]1C[C@@H]2[C@@H](/C=C/[C@@H](O)C(C)(C)CC=C(C)C)[C@H](O)C[C@@H]2O1. The molecule has 0 unspecified atom stereocenters. The summed E-state index contributed by atoms with van der Waals surface area (Å²) in [6.45, 7) is 8.27. The van der Waals surface area contributed by atoms with Gasteiger partial charge in [-0.1, -0.05) is 44.1 Å². The third kappa shape index (κ3) is 6.94. The smallest absolute Gasteiger partial charge is 0.305 e. The van der Waals surface area contributed by atoms with E-state index < -0.39 is 12.2 Å². The average molecular weight is 409 g/mol. The van der Waals surface area contributed by atoms with Crippen molar-refractivity contribution in [3.8, 4) is 0 Å². The molecule has 5 nitrogen and oxygen atoms in total. The molecule has 166 valence electrons. The summed E-state index contributed by atoms with van der Waals surface area (Å²) in [4.78, 5) is 11.2. The molecule has 1 aliphatic heterocycles. The summed E-state index contributed by atoms with van der Waals surface area (Å²) in [6, 6.07) is 0. The van der Waals surface area contributed by atoms with Crippen molar-refractivity contribution in [1.82, 2.24) is 0 Å². The molecule has 2 N–H and O–H groups in total. The Balaban J connectivity index is 1.86. The van der Waals surface area contributed by atoms with Crippen LogP contribution in [0, 0.1) is 17.3 Å². The van der Waals surface area contributed by atoms with E-state index in [1.807, 2.05) is 12.2 Å². The van der Waals surface area contributed by atoms with Crippen molar-refractivity contribution in [2.24, 2.45) is 17.3 Å². The number of carbonyl (C=O) groups excluding carboxylic acids is 1. The van der Waals surface area contributed by atoms with Crippen LogP contribution in [0.1, 0.15) is 72.6 Å². The second kappa shape index (κ2) is 10.7. The number of aliphatic hydroxyl groups is 2. The summed E-state index contributed by atoms with van der Waals surface area (Å²) in [5.74, 6) is 0.183. The molecule has 1 saturated carbocycles. The van der Waals surface area contributed by atoms with Crippen LogP contribution < -0.4 is 0 Å². The number of fused-ring (bicyclic) bond motifs is 1. The number of rotatable bonds is 10. The van der Waals surface area contributed by atoms with Crippen molar-refractivity contribution in [3.63, 3.8) is 0 Å². The highest BCUT2D eigenvalue weighted by Gasteiger charge is 2.47. The third-order valence-electron chi connectivity index (χ3n) is 6.53. The Morgan fingerprint density at radius 3 is 2.66 bits per heavy atom. The number of hydrogen-bond donors (Lipinski definition) is 2. The van der Waals surface area contributed by atoms with Crippen LogP contribution in [0.15, 0.2) is 23.8 Å². The molecule has 1 heterocycles. The minimum absolute atomic E-state index is 0.0361. The molecular formula is C24H40O5. The number of unbranched alkanes of at least 4 members (excludes halogenated alkanes) is 1. The first-order valence-electron chi connectivity index (χ1n) is 11.0. The van der Waals surface area contributed by atoms with Crippen LogP contribution >= 0.6 is 0 Å². The molecule has 2 fully saturated rings. The molecule has 0 aromatic carbocycles. The van der Waals surface area contributed by atoms with Crippen molar-refractivity contribution in [3.05, 3.63) is 23.8 Å².